The summed E-state index contributed by atoms with van der Waals surface area (Å²) in [5, 5.41) is 8.77. The summed E-state index contributed by atoms with van der Waals surface area (Å²) in [5.41, 5.74) is 3.11. The molecule has 4 rings (SSSR count). The topological polar surface area (TPSA) is 74.1 Å². The standard InChI is InChI=1S/C24H31N5O2/c1-7-16-8-19-21(26-10-16)9-20(17-11-27-29(13-17)23(2,3)4)28-22(19)30-14-18-12-25-15-24(5,6)31-18/h7-11,13,18,25H,1,12,14-15H2,2-6H3/t18-/m0/s1. The molecule has 3 aromatic heterocycles. The fraction of sp³-hybridized carbons (Fsp3) is 0.458. The third-order valence-electron chi connectivity index (χ3n) is 5.28. The Morgan fingerprint density at radius 1 is 1.32 bits per heavy atom. The first-order valence-corrected chi connectivity index (χ1v) is 10.6. The van der Waals surface area contributed by atoms with Crippen molar-refractivity contribution in [3.8, 4) is 17.1 Å². The van der Waals surface area contributed by atoms with Gasteiger partial charge in [0.05, 0.1) is 33.9 Å². The molecule has 3 aromatic rings. The number of pyridine rings is 2. The van der Waals surface area contributed by atoms with Gasteiger partial charge in [-0.05, 0) is 52.3 Å². The van der Waals surface area contributed by atoms with Crippen molar-refractivity contribution in [2.45, 2.75) is 51.9 Å². The Kier molecular flexibility index (Phi) is 5.58. The van der Waals surface area contributed by atoms with Crippen molar-refractivity contribution < 1.29 is 9.47 Å². The smallest absolute Gasteiger partial charge is 0.223 e. The summed E-state index contributed by atoms with van der Waals surface area (Å²) in [6.45, 7) is 16.3. The summed E-state index contributed by atoms with van der Waals surface area (Å²) >= 11 is 0. The van der Waals surface area contributed by atoms with Crippen molar-refractivity contribution in [2.75, 3.05) is 19.7 Å². The highest BCUT2D eigenvalue weighted by Gasteiger charge is 2.29. The lowest BCUT2D eigenvalue weighted by atomic mass is 10.1. The molecular formula is C24H31N5O2. The molecule has 0 unspecified atom stereocenters. The van der Waals surface area contributed by atoms with Gasteiger partial charge in [-0.2, -0.15) is 5.10 Å². The molecule has 7 heteroatoms. The highest BCUT2D eigenvalue weighted by molar-refractivity contribution is 5.88. The van der Waals surface area contributed by atoms with Gasteiger partial charge in [-0.1, -0.05) is 12.7 Å². The molecule has 0 spiro atoms. The Hall–Kier alpha value is -2.77. The number of hydrogen-bond acceptors (Lipinski definition) is 6. The van der Waals surface area contributed by atoms with E-state index in [2.05, 4.69) is 56.6 Å². The van der Waals surface area contributed by atoms with Gasteiger partial charge in [-0.15, -0.1) is 0 Å². The maximum absolute atomic E-state index is 6.21. The second kappa shape index (κ2) is 8.05. The van der Waals surface area contributed by atoms with Crippen LogP contribution in [0.5, 0.6) is 5.88 Å². The number of ether oxygens (including phenoxy) is 2. The fourth-order valence-electron chi connectivity index (χ4n) is 3.63. The van der Waals surface area contributed by atoms with Crippen molar-refractivity contribution in [3.63, 3.8) is 0 Å². The summed E-state index contributed by atoms with van der Waals surface area (Å²) in [5.74, 6) is 0.541. The number of hydrogen-bond donors (Lipinski definition) is 1. The number of morpholine rings is 1. The van der Waals surface area contributed by atoms with Crippen LogP contribution in [0.25, 0.3) is 28.2 Å². The molecule has 0 aliphatic carbocycles. The first-order valence-electron chi connectivity index (χ1n) is 10.6. The van der Waals surface area contributed by atoms with Crippen molar-refractivity contribution in [1.82, 2.24) is 25.1 Å². The van der Waals surface area contributed by atoms with E-state index in [1.54, 1.807) is 12.3 Å². The van der Waals surface area contributed by atoms with Gasteiger partial charge in [0.2, 0.25) is 5.88 Å². The van der Waals surface area contributed by atoms with Crippen LogP contribution in [0.4, 0.5) is 0 Å². The van der Waals surface area contributed by atoms with E-state index >= 15 is 0 Å². The van der Waals surface area contributed by atoms with Crippen LogP contribution in [0.1, 0.15) is 40.2 Å². The summed E-state index contributed by atoms with van der Waals surface area (Å²) in [6, 6.07) is 3.98. The predicted molar refractivity (Wildman–Crippen MR) is 123 cm³/mol. The number of fused-ring (bicyclic) bond motifs is 1. The molecule has 0 amide bonds. The lowest BCUT2D eigenvalue weighted by Gasteiger charge is -2.36. The Bertz CT molecular complexity index is 1100. The van der Waals surface area contributed by atoms with Gasteiger partial charge in [0.1, 0.15) is 12.7 Å². The van der Waals surface area contributed by atoms with Gasteiger partial charge >= 0.3 is 0 Å². The molecule has 4 heterocycles. The molecule has 1 saturated heterocycles. The molecule has 1 aliphatic heterocycles. The molecule has 0 radical (unpaired) electrons. The van der Waals surface area contributed by atoms with Gasteiger partial charge < -0.3 is 14.8 Å². The lowest BCUT2D eigenvalue weighted by molar-refractivity contribution is -0.107. The highest BCUT2D eigenvalue weighted by Crippen LogP contribution is 2.30. The maximum atomic E-state index is 6.21. The molecule has 0 aromatic carbocycles. The summed E-state index contributed by atoms with van der Waals surface area (Å²) in [6.07, 6.45) is 7.36. The van der Waals surface area contributed by atoms with Crippen LogP contribution >= 0.6 is 0 Å². The van der Waals surface area contributed by atoms with Crippen LogP contribution in [0.15, 0.2) is 37.3 Å². The van der Waals surface area contributed by atoms with Crippen LogP contribution in [-0.4, -0.2) is 51.1 Å². The SMILES string of the molecule is C=Cc1cnc2cc(-c3cnn(C(C)(C)C)c3)nc(OC[C@@H]3CNCC(C)(C)O3)c2c1. The predicted octanol–water partition coefficient (Wildman–Crippen LogP) is 4.04. The molecule has 1 N–H and O–H groups in total. The van der Waals surface area contributed by atoms with Gasteiger partial charge in [-0.25, -0.2) is 4.98 Å². The van der Waals surface area contributed by atoms with Crippen LogP contribution in [0, 0.1) is 0 Å². The average Bonchev–Trinajstić information content (AvgIpc) is 3.21. The molecule has 1 fully saturated rings. The summed E-state index contributed by atoms with van der Waals surface area (Å²) in [4.78, 5) is 9.45. The largest absolute Gasteiger partial charge is 0.474 e. The minimum atomic E-state index is -0.220. The summed E-state index contributed by atoms with van der Waals surface area (Å²) < 4.78 is 14.3. The van der Waals surface area contributed by atoms with Crippen molar-refractivity contribution in [3.05, 3.63) is 42.9 Å². The Labute approximate surface area is 183 Å². The zero-order valence-corrected chi connectivity index (χ0v) is 19.0. The zero-order valence-electron chi connectivity index (χ0n) is 19.0. The zero-order chi connectivity index (χ0) is 22.2. The molecular weight excluding hydrogens is 390 g/mol. The Morgan fingerprint density at radius 2 is 2.13 bits per heavy atom. The molecule has 31 heavy (non-hydrogen) atoms. The molecule has 1 atom stereocenters. The molecule has 0 bridgehead atoms. The van der Waals surface area contributed by atoms with Gasteiger partial charge in [-0.3, -0.25) is 9.67 Å². The third-order valence-corrected chi connectivity index (χ3v) is 5.28. The number of rotatable bonds is 5. The van der Waals surface area contributed by atoms with E-state index in [9.17, 15) is 0 Å². The molecule has 7 nitrogen and oxygen atoms in total. The fourth-order valence-corrected chi connectivity index (χ4v) is 3.63. The van der Waals surface area contributed by atoms with E-state index in [1.165, 1.54) is 0 Å². The third kappa shape index (κ3) is 4.78. The monoisotopic (exact) mass is 421 g/mol. The van der Waals surface area contributed by atoms with Crippen LogP contribution in [0.3, 0.4) is 0 Å². The van der Waals surface area contributed by atoms with Crippen LogP contribution < -0.4 is 10.1 Å². The van der Waals surface area contributed by atoms with E-state index < -0.39 is 0 Å². The number of nitrogens with one attached hydrogen (secondary N) is 1. The van der Waals surface area contributed by atoms with E-state index in [1.807, 2.05) is 29.2 Å². The number of nitrogens with zero attached hydrogens (tertiary/aromatic N) is 4. The first-order chi connectivity index (χ1) is 14.6. The van der Waals surface area contributed by atoms with E-state index in [0.717, 1.165) is 40.8 Å². The van der Waals surface area contributed by atoms with Crippen molar-refractivity contribution >= 4 is 17.0 Å². The van der Waals surface area contributed by atoms with Crippen LogP contribution in [0.2, 0.25) is 0 Å². The lowest BCUT2D eigenvalue weighted by Crippen LogP contribution is -2.52. The number of aromatic nitrogens is 4. The Morgan fingerprint density at radius 3 is 2.81 bits per heavy atom. The van der Waals surface area contributed by atoms with Crippen LogP contribution in [-0.2, 0) is 10.3 Å². The highest BCUT2D eigenvalue weighted by atomic mass is 16.6. The van der Waals surface area contributed by atoms with E-state index in [0.29, 0.717) is 12.5 Å². The van der Waals surface area contributed by atoms with Crippen molar-refractivity contribution in [1.29, 1.82) is 0 Å². The van der Waals surface area contributed by atoms with E-state index in [4.69, 9.17) is 14.5 Å². The second-order valence-corrected chi connectivity index (χ2v) is 9.64. The van der Waals surface area contributed by atoms with Gasteiger partial charge in [0, 0.05) is 31.0 Å². The average molecular weight is 422 g/mol. The minimum Gasteiger partial charge on any atom is -0.474 e. The van der Waals surface area contributed by atoms with E-state index in [-0.39, 0.29) is 17.2 Å². The maximum Gasteiger partial charge on any atom is 0.223 e. The summed E-state index contributed by atoms with van der Waals surface area (Å²) in [7, 11) is 0. The Balaban J connectivity index is 1.69. The quantitative estimate of drug-likeness (QED) is 0.670. The second-order valence-electron chi connectivity index (χ2n) is 9.64. The molecule has 164 valence electrons. The molecule has 1 aliphatic rings. The molecule has 0 saturated carbocycles. The normalized spacial score (nSPS) is 18.8. The minimum absolute atomic E-state index is 0.0524. The van der Waals surface area contributed by atoms with Gasteiger partial charge in [0.25, 0.3) is 0 Å². The first kappa shape index (κ1) is 21.5. The van der Waals surface area contributed by atoms with Crippen molar-refractivity contribution in [2.24, 2.45) is 0 Å². The van der Waals surface area contributed by atoms with Gasteiger partial charge in [0.15, 0.2) is 0 Å².